The minimum atomic E-state index is 0.238. The average Bonchev–Trinajstić information content (AvgIpc) is 2.90. The molecule has 0 spiro atoms. The van der Waals surface area contributed by atoms with E-state index >= 15 is 0 Å². The molecule has 0 atom stereocenters. The second kappa shape index (κ2) is 6.04. The summed E-state index contributed by atoms with van der Waals surface area (Å²) in [5.74, 6) is 0.892. The summed E-state index contributed by atoms with van der Waals surface area (Å²) in [6.45, 7) is 0.780. The number of rotatable bonds is 5. The van der Waals surface area contributed by atoms with Crippen LogP contribution in [-0.4, -0.2) is 12.5 Å². The lowest BCUT2D eigenvalue weighted by molar-refractivity contribution is -0.121. The van der Waals surface area contributed by atoms with E-state index in [-0.39, 0.29) is 5.91 Å². The van der Waals surface area contributed by atoms with Crippen LogP contribution in [-0.2, 0) is 11.2 Å². The van der Waals surface area contributed by atoms with Crippen LogP contribution in [0.1, 0.15) is 37.7 Å². The van der Waals surface area contributed by atoms with E-state index < -0.39 is 0 Å². The van der Waals surface area contributed by atoms with Crippen LogP contribution in [0.2, 0.25) is 0 Å². The van der Waals surface area contributed by atoms with Crippen LogP contribution in [0.3, 0.4) is 0 Å². The average molecular weight is 237 g/mol. The first-order valence-corrected chi connectivity index (χ1v) is 7.06. The first-order chi connectivity index (χ1) is 7.84. The number of hydrogen-bond donors (Lipinski definition) is 1. The molecule has 1 amide bonds. The largest absolute Gasteiger partial charge is 0.356 e. The Morgan fingerprint density at radius 3 is 2.94 bits per heavy atom. The monoisotopic (exact) mass is 237 g/mol. The molecule has 0 bridgehead atoms. The fraction of sp³-hybridized carbons (Fsp3) is 0.615. The Morgan fingerprint density at radius 2 is 2.25 bits per heavy atom. The van der Waals surface area contributed by atoms with Gasteiger partial charge in [-0.1, -0.05) is 12.8 Å². The predicted octanol–water partition coefficient (Wildman–Crippen LogP) is 2.99. The summed E-state index contributed by atoms with van der Waals surface area (Å²) in [7, 11) is 0. The van der Waals surface area contributed by atoms with Crippen molar-refractivity contribution in [3.63, 3.8) is 0 Å². The zero-order valence-corrected chi connectivity index (χ0v) is 10.4. The highest BCUT2D eigenvalue weighted by atomic mass is 32.1. The van der Waals surface area contributed by atoms with Gasteiger partial charge >= 0.3 is 0 Å². The molecule has 0 unspecified atom stereocenters. The third-order valence-electron chi connectivity index (χ3n) is 3.26. The van der Waals surface area contributed by atoms with Gasteiger partial charge in [0.15, 0.2) is 0 Å². The molecule has 3 heteroatoms. The van der Waals surface area contributed by atoms with Gasteiger partial charge in [-0.25, -0.2) is 0 Å². The molecule has 2 rings (SSSR count). The molecule has 88 valence electrons. The molecule has 0 saturated heterocycles. The van der Waals surface area contributed by atoms with Gasteiger partial charge in [-0.2, -0.15) is 11.3 Å². The van der Waals surface area contributed by atoms with E-state index in [1.54, 1.807) is 11.3 Å². The summed E-state index contributed by atoms with van der Waals surface area (Å²) in [5.41, 5.74) is 1.33. The maximum absolute atomic E-state index is 11.6. The highest BCUT2D eigenvalue weighted by molar-refractivity contribution is 7.07. The summed E-state index contributed by atoms with van der Waals surface area (Å²) < 4.78 is 0. The van der Waals surface area contributed by atoms with Gasteiger partial charge in [0.2, 0.25) is 5.91 Å². The lowest BCUT2D eigenvalue weighted by Crippen LogP contribution is -2.27. The van der Waals surface area contributed by atoms with Crippen LogP contribution in [0.4, 0.5) is 0 Å². The summed E-state index contributed by atoms with van der Waals surface area (Å²) in [4.78, 5) is 11.6. The number of nitrogens with one attached hydrogen (secondary N) is 1. The molecule has 1 N–H and O–H groups in total. The first kappa shape index (κ1) is 11.6. The normalized spacial score (nSPS) is 16.5. The van der Waals surface area contributed by atoms with Gasteiger partial charge in [-0.15, -0.1) is 0 Å². The first-order valence-electron chi connectivity index (χ1n) is 6.12. The Balaban J connectivity index is 1.60. The molecule has 0 radical (unpaired) electrons. The zero-order valence-electron chi connectivity index (χ0n) is 9.58. The molecule has 1 aromatic rings. The maximum Gasteiger partial charge on any atom is 0.220 e. The maximum atomic E-state index is 11.6. The summed E-state index contributed by atoms with van der Waals surface area (Å²) in [6.07, 6.45) is 6.82. The Bertz CT molecular complexity index is 315. The molecule has 1 aliphatic rings. The Kier molecular flexibility index (Phi) is 4.40. The minimum Gasteiger partial charge on any atom is -0.356 e. The van der Waals surface area contributed by atoms with Crippen LogP contribution >= 0.6 is 11.3 Å². The highest BCUT2D eigenvalue weighted by Crippen LogP contribution is 2.27. The molecule has 1 aliphatic carbocycles. The van der Waals surface area contributed by atoms with E-state index in [2.05, 4.69) is 22.1 Å². The summed E-state index contributed by atoms with van der Waals surface area (Å²) in [6, 6.07) is 2.12. The van der Waals surface area contributed by atoms with E-state index in [9.17, 15) is 4.79 Å². The van der Waals surface area contributed by atoms with Crippen molar-refractivity contribution in [2.75, 3.05) is 6.54 Å². The van der Waals surface area contributed by atoms with E-state index in [0.717, 1.165) is 19.4 Å². The predicted molar refractivity (Wildman–Crippen MR) is 67.6 cm³/mol. The van der Waals surface area contributed by atoms with Gasteiger partial charge in [-0.3, -0.25) is 4.79 Å². The summed E-state index contributed by atoms with van der Waals surface area (Å²) in [5, 5.41) is 7.23. The van der Waals surface area contributed by atoms with Crippen molar-refractivity contribution in [3.8, 4) is 0 Å². The smallest absolute Gasteiger partial charge is 0.220 e. The third-order valence-corrected chi connectivity index (χ3v) is 4.00. The van der Waals surface area contributed by atoms with Gasteiger partial charge < -0.3 is 5.32 Å². The van der Waals surface area contributed by atoms with Crippen molar-refractivity contribution in [3.05, 3.63) is 22.4 Å². The van der Waals surface area contributed by atoms with Crippen molar-refractivity contribution in [2.24, 2.45) is 5.92 Å². The summed E-state index contributed by atoms with van der Waals surface area (Å²) >= 11 is 1.71. The van der Waals surface area contributed by atoms with Crippen molar-refractivity contribution in [1.82, 2.24) is 5.32 Å². The molecule has 1 aromatic heterocycles. The fourth-order valence-electron chi connectivity index (χ4n) is 2.33. The number of thiophene rings is 1. The Morgan fingerprint density at radius 1 is 1.44 bits per heavy atom. The quantitative estimate of drug-likeness (QED) is 0.838. The molecular formula is C13H19NOS. The molecule has 1 saturated carbocycles. The van der Waals surface area contributed by atoms with E-state index in [1.807, 2.05) is 0 Å². The van der Waals surface area contributed by atoms with Crippen LogP contribution in [0.25, 0.3) is 0 Å². The van der Waals surface area contributed by atoms with E-state index in [0.29, 0.717) is 5.92 Å². The van der Waals surface area contributed by atoms with Crippen LogP contribution in [0.5, 0.6) is 0 Å². The number of hydrogen-bond acceptors (Lipinski definition) is 2. The third kappa shape index (κ3) is 3.63. The highest BCUT2D eigenvalue weighted by Gasteiger charge is 2.17. The number of carbonyl (C=O) groups is 1. The number of amides is 1. The molecule has 1 heterocycles. The van der Waals surface area contributed by atoms with E-state index in [4.69, 9.17) is 0 Å². The van der Waals surface area contributed by atoms with Gasteiger partial charge in [0.05, 0.1) is 0 Å². The Hall–Kier alpha value is -0.830. The van der Waals surface area contributed by atoms with Crippen LogP contribution in [0, 0.1) is 5.92 Å². The zero-order chi connectivity index (χ0) is 11.2. The molecule has 2 nitrogen and oxygen atoms in total. The van der Waals surface area contributed by atoms with Crippen LogP contribution in [0.15, 0.2) is 16.8 Å². The molecule has 1 fully saturated rings. The number of carbonyl (C=O) groups excluding carboxylic acids is 1. The lowest BCUT2D eigenvalue weighted by Gasteiger charge is -2.09. The lowest BCUT2D eigenvalue weighted by atomic mass is 10.0. The SMILES string of the molecule is O=C(CC1CCCC1)NCCc1ccsc1. The second-order valence-corrected chi connectivity index (χ2v) is 5.37. The van der Waals surface area contributed by atoms with Crippen molar-refractivity contribution >= 4 is 17.2 Å². The van der Waals surface area contributed by atoms with Crippen molar-refractivity contribution in [1.29, 1.82) is 0 Å². The molecular weight excluding hydrogens is 218 g/mol. The van der Waals surface area contributed by atoms with Gasteiger partial charge in [0, 0.05) is 13.0 Å². The fourth-order valence-corrected chi connectivity index (χ4v) is 3.03. The molecule has 0 aliphatic heterocycles. The van der Waals surface area contributed by atoms with Gasteiger partial charge in [-0.05, 0) is 47.6 Å². The molecule has 0 aromatic carbocycles. The van der Waals surface area contributed by atoms with E-state index in [1.165, 1.54) is 31.2 Å². The second-order valence-electron chi connectivity index (χ2n) is 4.59. The van der Waals surface area contributed by atoms with Gasteiger partial charge in [0.1, 0.15) is 0 Å². The van der Waals surface area contributed by atoms with Crippen molar-refractivity contribution < 1.29 is 4.79 Å². The van der Waals surface area contributed by atoms with Crippen LogP contribution < -0.4 is 5.32 Å². The molecule has 16 heavy (non-hydrogen) atoms. The topological polar surface area (TPSA) is 29.1 Å². The Labute approximate surface area is 101 Å². The standard InChI is InChI=1S/C13H19NOS/c15-13(9-11-3-1-2-4-11)14-7-5-12-6-8-16-10-12/h6,8,10-11H,1-5,7,9H2,(H,14,15). The minimum absolute atomic E-state index is 0.238. The van der Waals surface area contributed by atoms with Crippen molar-refractivity contribution in [2.45, 2.75) is 38.5 Å². The van der Waals surface area contributed by atoms with Gasteiger partial charge in [0.25, 0.3) is 0 Å².